The zero-order valence-electron chi connectivity index (χ0n) is 14.9. The second kappa shape index (κ2) is 7.93. The Hall–Kier alpha value is -2.99. The number of anilines is 1. The van der Waals surface area contributed by atoms with E-state index in [0.717, 1.165) is 5.56 Å². The molecule has 3 aromatic rings. The molecule has 0 atom stereocenters. The number of pyridine rings is 1. The summed E-state index contributed by atoms with van der Waals surface area (Å²) in [6, 6.07) is 10.0. The van der Waals surface area contributed by atoms with Crippen LogP contribution in [-0.2, 0) is 19.6 Å². The fraction of sp³-hybridized carbons (Fsp3) is 0.250. The lowest BCUT2D eigenvalue weighted by Crippen LogP contribution is -2.14. The minimum absolute atomic E-state index is 0.131. The van der Waals surface area contributed by atoms with Crippen LogP contribution in [0.3, 0.4) is 0 Å². The van der Waals surface area contributed by atoms with Crippen LogP contribution < -0.4 is 5.32 Å². The number of aliphatic hydroxyl groups excluding tert-OH is 1. The van der Waals surface area contributed by atoms with Gasteiger partial charge in [0.2, 0.25) is 0 Å². The van der Waals surface area contributed by atoms with Crippen molar-refractivity contribution < 1.29 is 9.90 Å². The van der Waals surface area contributed by atoms with Gasteiger partial charge in [0, 0.05) is 18.9 Å². The molecular formula is C20H22N4O2. The molecule has 2 aromatic heterocycles. The highest BCUT2D eigenvalue weighted by Crippen LogP contribution is 2.13. The molecule has 2 N–H and O–H groups in total. The van der Waals surface area contributed by atoms with Crippen molar-refractivity contribution in [2.24, 2.45) is 0 Å². The first-order chi connectivity index (χ1) is 12.6. The fourth-order valence-electron chi connectivity index (χ4n) is 2.83. The molecule has 0 aliphatic carbocycles. The number of rotatable bonds is 6. The van der Waals surface area contributed by atoms with Gasteiger partial charge in [0.1, 0.15) is 0 Å². The summed E-state index contributed by atoms with van der Waals surface area (Å²) >= 11 is 0. The van der Waals surface area contributed by atoms with Crippen molar-refractivity contribution in [1.29, 1.82) is 0 Å². The van der Waals surface area contributed by atoms with E-state index < -0.39 is 0 Å². The monoisotopic (exact) mass is 350 g/mol. The SMILES string of the molecule is CCc1cc(C(=O)Nc2cn(Cc3cccc(C)c3)cn2)cnc1CO. The van der Waals surface area contributed by atoms with E-state index in [1.54, 1.807) is 18.6 Å². The van der Waals surface area contributed by atoms with E-state index in [-0.39, 0.29) is 12.5 Å². The second-order valence-corrected chi connectivity index (χ2v) is 6.22. The van der Waals surface area contributed by atoms with Gasteiger partial charge in [-0.3, -0.25) is 9.78 Å². The van der Waals surface area contributed by atoms with Gasteiger partial charge in [-0.2, -0.15) is 0 Å². The number of hydrogen-bond acceptors (Lipinski definition) is 4. The predicted molar refractivity (Wildman–Crippen MR) is 100.0 cm³/mol. The first-order valence-corrected chi connectivity index (χ1v) is 8.56. The highest BCUT2D eigenvalue weighted by molar-refractivity contribution is 6.03. The summed E-state index contributed by atoms with van der Waals surface area (Å²) in [5.41, 5.74) is 4.31. The number of nitrogens with one attached hydrogen (secondary N) is 1. The summed E-state index contributed by atoms with van der Waals surface area (Å²) in [6.45, 7) is 4.58. The first-order valence-electron chi connectivity index (χ1n) is 8.56. The molecule has 2 heterocycles. The molecule has 134 valence electrons. The van der Waals surface area contributed by atoms with E-state index >= 15 is 0 Å². The molecule has 0 saturated heterocycles. The molecule has 6 heteroatoms. The van der Waals surface area contributed by atoms with E-state index in [9.17, 15) is 9.90 Å². The first kappa shape index (κ1) is 17.8. The molecule has 0 aliphatic rings. The highest BCUT2D eigenvalue weighted by atomic mass is 16.3. The molecule has 0 aliphatic heterocycles. The molecular weight excluding hydrogens is 328 g/mol. The number of nitrogens with zero attached hydrogens (tertiary/aromatic N) is 3. The Morgan fingerprint density at radius 1 is 1.27 bits per heavy atom. The summed E-state index contributed by atoms with van der Waals surface area (Å²) in [5, 5.41) is 12.1. The number of aryl methyl sites for hydroxylation is 2. The van der Waals surface area contributed by atoms with Crippen LogP contribution in [-0.4, -0.2) is 25.5 Å². The predicted octanol–water partition coefficient (Wildman–Crippen LogP) is 2.94. The largest absolute Gasteiger partial charge is 0.390 e. The van der Waals surface area contributed by atoms with Crippen LogP contribution >= 0.6 is 0 Å². The maximum atomic E-state index is 12.4. The van der Waals surface area contributed by atoms with Crippen LogP contribution in [0.4, 0.5) is 5.82 Å². The van der Waals surface area contributed by atoms with Gasteiger partial charge in [-0.15, -0.1) is 0 Å². The normalized spacial score (nSPS) is 10.7. The lowest BCUT2D eigenvalue weighted by molar-refractivity contribution is 0.102. The van der Waals surface area contributed by atoms with Gasteiger partial charge in [-0.05, 0) is 30.5 Å². The molecule has 0 bridgehead atoms. The van der Waals surface area contributed by atoms with Crippen molar-refractivity contribution >= 4 is 11.7 Å². The van der Waals surface area contributed by atoms with E-state index in [4.69, 9.17) is 0 Å². The summed E-state index contributed by atoms with van der Waals surface area (Å²) in [4.78, 5) is 20.8. The average Bonchev–Trinajstić information content (AvgIpc) is 3.07. The number of imidazole rings is 1. The van der Waals surface area contributed by atoms with Crippen molar-refractivity contribution in [3.05, 3.63) is 77.0 Å². The average molecular weight is 350 g/mol. The fourth-order valence-corrected chi connectivity index (χ4v) is 2.83. The maximum Gasteiger partial charge on any atom is 0.258 e. The number of benzene rings is 1. The summed E-state index contributed by atoms with van der Waals surface area (Å²) in [7, 11) is 0. The molecule has 3 rings (SSSR count). The minimum Gasteiger partial charge on any atom is -0.390 e. The van der Waals surface area contributed by atoms with Crippen molar-refractivity contribution in [1.82, 2.24) is 14.5 Å². The third-order valence-electron chi connectivity index (χ3n) is 4.18. The van der Waals surface area contributed by atoms with Gasteiger partial charge >= 0.3 is 0 Å². The van der Waals surface area contributed by atoms with Crippen molar-refractivity contribution in [2.75, 3.05) is 5.32 Å². The number of hydrogen-bond donors (Lipinski definition) is 2. The van der Waals surface area contributed by atoms with Gasteiger partial charge in [-0.25, -0.2) is 4.98 Å². The van der Waals surface area contributed by atoms with Crippen molar-refractivity contribution in [3.63, 3.8) is 0 Å². The smallest absolute Gasteiger partial charge is 0.258 e. The lowest BCUT2D eigenvalue weighted by Gasteiger charge is -2.07. The molecule has 6 nitrogen and oxygen atoms in total. The Kier molecular flexibility index (Phi) is 5.43. The Morgan fingerprint density at radius 3 is 2.85 bits per heavy atom. The third-order valence-corrected chi connectivity index (χ3v) is 4.18. The Morgan fingerprint density at radius 2 is 2.12 bits per heavy atom. The van der Waals surface area contributed by atoms with Crippen LogP contribution in [0, 0.1) is 6.92 Å². The number of aromatic nitrogens is 3. The molecule has 0 spiro atoms. The van der Waals surface area contributed by atoms with E-state index in [1.807, 2.05) is 17.6 Å². The van der Waals surface area contributed by atoms with Crippen molar-refractivity contribution in [2.45, 2.75) is 33.4 Å². The summed E-state index contributed by atoms with van der Waals surface area (Å²) < 4.78 is 1.93. The third kappa shape index (κ3) is 4.15. The molecule has 0 saturated carbocycles. The molecule has 0 fully saturated rings. The van der Waals surface area contributed by atoms with Crippen LogP contribution in [0.25, 0.3) is 0 Å². The number of amides is 1. The highest BCUT2D eigenvalue weighted by Gasteiger charge is 2.11. The Bertz CT molecular complexity index is 918. The molecule has 0 radical (unpaired) electrons. The number of aliphatic hydroxyl groups is 1. The topological polar surface area (TPSA) is 80.0 Å². The summed E-state index contributed by atoms with van der Waals surface area (Å²) in [5.74, 6) is 0.226. The Labute approximate surface area is 152 Å². The number of carbonyl (C=O) groups excluding carboxylic acids is 1. The summed E-state index contributed by atoms with van der Waals surface area (Å²) in [6.07, 6.45) is 5.68. The standard InChI is InChI=1S/C20H22N4O2/c1-3-16-8-17(9-21-18(16)12-25)20(26)23-19-11-24(13-22-19)10-15-6-4-5-14(2)7-15/h4-9,11,13,25H,3,10,12H2,1-2H3,(H,23,26). The van der Waals surface area contributed by atoms with Crippen LogP contribution in [0.15, 0.2) is 49.1 Å². The van der Waals surface area contributed by atoms with Gasteiger partial charge in [0.05, 0.1) is 24.2 Å². The second-order valence-electron chi connectivity index (χ2n) is 6.22. The quantitative estimate of drug-likeness (QED) is 0.716. The number of carbonyl (C=O) groups is 1. The van der Waals surface area contributed by atoms with E-state index in [0.29, 0.717) is 30.0 Å². The van der Waals surface area contributed by atoms with Crippen LogP contribution in [0.2, 0.25) is 0 Å². The van der Waals surface area contributed by atoms with Gasteiger partial charge in [0.25, 0.3) is 5.91 Å². The van der Waals surface area contributed by atoms with Gasteiger partial charge in [0.15, 0.2) is 5.82 Å². The van der Waals surface area contributed by atoms with Crippen LogP contribution in [0.5, 0.6) is 0 Å². The Balaban J connectivity index is 1.69. The van der Waals surface area contributed by atoms with Crippen molar-refractivity contribution in [3.8, 4) is 0 Å². The zero-order chi connectivity index (χ0) is 18.5. The molecule has 1 aromatic carbocycles. The van der Waals surface area contributed by atoms with Crippen LogP contribution in [0.1, 0.15) is 39.7 Å². The molecule has 26 heavy (non-hydrogen) atoms. The maximum absolute atomic E-state index is 12.4. The van der Waals surface area contributed by atoms with E-state index in [1.165, 1.54) is 17.3 Å². The zero-order valence-corrected chi connectivity index (χ0v) is 14.9. The molecule has 0 unspecified atom stereocenters. The van der Waals surface area contributed by atoms with Gasteiger partial charge < -0.3 is 15.0 Å². The minimum atomic E-state index is -0.266. The van der Waals surface area contributed by atoms with Gasteiger partial charge in [-0.1, -0.05) is 36.8 Å². The lowest BCUT2D eigenvalue weighted by atomic mass is 10.1. The van der Waals surface area contributed by atoms with E-state index in [2.05, 4.69) is 40.4 Å². The molecule has 1 amide bonds.